The molecule has 2 aromatic carbocycles. The number of benzene rings is 2. The number of para-hydroxylation sites is 3. The lowest BCUT2D eigenvalue weighted by Gasteiger charge is -2.20. The number of fused-ring (bicyclic) bond motifs is 2. The van der Waals surface area contributed by atoms with Gasteiger partial charge in [0.05, 0.1) is 21.8 Å². The molecule has 3 aromatic heterocycles. The Hall–Kier alpha value is -3.49. The van der Waals surface area contributed by atoms with E-state index in [0.717, 1.165) is 10.3 Å². The van der Waals surface area contributed by atoms with E-state index in [1.165, 1.54) is 15.9 Å². The van der Waals surface area contributed by atoms with E-state index in [1.807, 2.05) is 18.2 Å². The molecule has 0 saturated carbocycles. The number of carbonyl (C=O) groups excluding carboxylic acids is 1. The number of aromatic nitrogens is 3. The molecule has 0 N–H and O–H groups in total. The lowest BCUT2D eigenvalue weighted by atomic mass is 10.2. The summed E-state index contributed by atoms with van der Waals surface area (Å²) in [6, 6.07) is 16.2. The highest BCUT2D eigenvalue weighted by Crippen LogP contribution is 2.33. The van der Waals surface area contributed by atoms with Crippen LogP contribution < -0.4 is 10.7 Å². The number of oxazole rings is 1. The van der Waals surface area contributed by atoms with Crippen molar-refractivity contribution >= 4 is 55.3 Å². The van der Waals surface area contributed by atoms with E-state index in [1.54, 1.807) is 53.7 Å². The van der Waals surface area contributed by atoms with Crippen LogP contribution in [0.5, 0.6) is 0 Å². The Labute approximate surface area is 185 Å². The minimum atomic E-state index is -0.580. The third-order valence-corrected chi connectivity index (χ3v) is 6.17. The number of carbonyl (C=O) groups is 1. The van der Waals surface area contributed by atoms with E-state index in [0.29, 0.717) is 26.8 Å². The molecule has 9 heteroatoms. The van der Waals surface area contributed by atoms with Crippen LogP contribution in [0.1, 0.15) is 5.56 Å². The highest BCUT2D eigenvalue weighted by Gasteiger charge is 2.23. The molecular weight excluding hydrogens is 436 g/mol. The third-order valence-electron chi connectivity index (χ3n) is 4.82. The molecule has 0 atom stereocenters. The monoisotopic (exact) mass is 450 g/mol. The number of hydrogen-bond acceptors (Lipinski definition) is 6. The molecule has 5 rings (SSSR count). The Morgan fingerprint density at radius 1 is 1.13 bits per heavy atom. The fraction of sp³-hybridized carbons (Fsp3) is 0.0909. The standard InChI is InChI=1S/C22H15ClN4O3S/c23-15-6-3-9-18-20(15)25-21(31-18)27(12-14-5-4-10-24-11-14)19(28)13-26-16-7-1-2-8-17(16)30-22(26)29/h1-11H,12-13H2. The van der Waals surface area contributed by atoms with Crippen molar-refractivity contribution in [2.24, 2.45) is 0 Å². The van der Waals surface area contributed by atoms with Crippen LogP contribution >= 0.6 is 22.9 Å². The summed E-state index contributed by atoms with van der Waals surface area (Å²) >= 11 is 7.65. The summed E-state index contributed by atoms with van der Waals surface area (Å²) in [5.41, 5.74) is 2.48. The second kappa shape index (κ2) is 7.98. The molecule has 0 aliphatic rings. The van der Waals surface area contributed by atoms with Crippen LogP contribution in [-0.2, 0) is 17.9 Å². The number of halogens is 1. The van der Waals surface area contributed by atoms with Gasteiger partial charge in [-0.3, -0.25) is 19.2 Å². The van der Waals surface area contributed by atoms with Crippen molar-refractivity contribution in [3.63, 3.8) is 0 Å². The van der Waals surface area contributed by atoms with Crippen molar-refractivity contribution in [3.05, 3.63) is 88.1 Å². The first-order chi connectivity index (χ1) is 15.1. The summed E-state index contributed by atoms with van der Waals surface area (Å²) in [5, 5.41) is 1.02. The molecule has 0 radical (unpaired) electrons. The van der Waals surface area contributed by atoms with Gasteiger partial charge in [0, 0.05) is 12.4 Å². The van der Waals surface area contributed by atoms with Crippen molar-refractivity contribution < 1.29 is 9.21 Å². The fourth-order valence-corrected chi connectivity index (χ4v) is 4.62. The van der Waals surface area contributed by atoms with Crippen LogP contribution in [0, 0.1) is 0 Å². The van der Waals surface area contributed by atoms with E-state index >= 15 is 0 Å². The number of pyridine rings is 1. The molecule has 7 nitrogen and oxygen atoms in total. The smallest absolute Gasteiger partial charge is 0.408 e. The van der Waals surface area contributed by atoms with Gasteiger partial charge in [-0.2, -0.15) is 0 Å². The highest BCUT2D eigenvalue weighted by molar-refractivity contribution is 7.22. The number of nitrogens with zero attached hydrogens (tertiary/aromatic N) is 4. The first-order valence-electron chi connectivity index (χ1n) is 9.43. The van der Waals surface area contributed by atoms with Gasteiger partial charge in [0.25, 0.3) is 0 Å². The Morgan fingerprint density at radius 2 is 2.00 bits per heavy atom. The van der Waals surface area contributed by atoms with Crippen LogP contribution in [0.4, 0.5) is 5.13 Å². The quantitative estimate of drug-likeness (QED) is 0.394. The van der Waals surface area contributed by atoms with Crippen molar-refractivity contribution in [1.29, 1.82) is 0 Å². The van der Waals surface area contributed by atoms with Crippen molar-refractivity contribution in [1.82, 2.24) is 14.5 Å². The molecule has 0 aliphatic heterocycles. The summed E-state index contributed by atoms with van der Waals surface area (Å²) < 4.78 is 7.46. The van der Waals surface area contributed by atoms with Crippen molar-refractivity contribution in [3.8, 4) is 0 Å². The van der Waals surface area contributed by atoms with Crippen LogP contribution in [0.15, 0.2) is 76.2 Å². The van der Waals surface area contributed by atoms with Crippen molar-refractivity contribution in [2.45, 2.75) is 13.1 Å². The molecule has 1 amide bonds. The Balaban J connectivity index is 1.55. The van der Waals surface area contributed by atoms with E-state index in [4.69, 9.17) is 16.0 Å². The SMILES string of the molecule is O=C(Cn1c(=O)oc2ccccc21)N(Cc1cccnc1)c1nc2c(Cl)cccc2s1. The fourth-order valence-electron chi connectivity index (χ4n) is 3.34. The van der Waals surface area contributed by atoms with Gasteiger partial charge in [-0.25, -0.2) is 9.78 Å². The zero-order chi connectivity index (χ0) is 21.4. The van der Waals surface area contributed by atoms with Gasteiger partial charge in [0.1, 0.15) is 12.1 Å². The molecule has 0 bridgehead atoms. The van der Waals surface area contributed by atoms with Gasteiger partial charge >= 0.3 is 5.76 Å². The zero-order valence-electron chi connectivity index (χ0n) is 16.1. The molecular formula is C22H15ClN4O3S. The van der Waals surface area contributed by atoms with Crippen LogP contribution in [0.2, 0.25) is 5.02 Å². The topological polar surface area (TPSA) is 81.2 Å². The summed E-state index contributed by atoms with van der Waals surface area (Å²) in [6.07, 6.45) is 3.37. The molecule has 154 valence electrons. The first-order valence-corrected chi connectivity index (χ1v) is 10.6. The van der Waals surface area contributed by atoms with E-state index in [2.05, 4.69) is 9.97 Å². The number of hydrogen-bond donors (Lipinski definition) is 0. The van der Waals surface area contributed by atoms with E-state index in [-0.39, 0.29) is 19.0 Å². The molecule has 5 aromatic rings. The largest absolute Gasteiger partial charge is 0.420 e. The van der Waals surface area contributed by atoms with Gasteiger partial charge in [0.15, 0.2) is 10.7 Å². The minimum absolute atomic E-state index is 0.181. The van der Waals surface area contributed by atoms with Gasteiger partial charge < -0.3 is 4.42 Å². The molecule has 31 heavy (non-hydrogen) atoms. The second-order valence-electron chi connectivity index (χ2n) is 6.85. The maximum atomic E-state index is 13.4. The number of thiazole rings is 1. The van der Waals surface area contributed by atoms with Gasteiger partial charge in [-0.05, 0) is 35.9 Å². The van der Waals surface area contributed by atoms with Gasteiger partial charge in [-0.1, -0.05) is 47.2 Å². The maximum Gasteiger partial charge on any atom is 0.420 e. The summed E-state index contributed by atoms with van der Waals surface area (Å²) in [5.74, 6) is -0.879. The number of anilines is 1. The predicted octanol–water partition coefficient (Wildman–Crippen LogP) is 4.49. The predicted molar refractivity (Wildman–Crippen MR) is 121 cm³/mol. The normalized spacial score (nSPS) is 11.3. The van der Waals surface area contributed by atoms with Gasteiger partial charge in [0.2, 0.25) is 5.91 Å². The van der Waals surface area contributed by atoms with E-state index in [9.17, 15) is 9.59 Å². The van der Waals surface area contributed by atoms with Crippen LogP contribution in [0.25, 0.3) is 21.3 Å². The Kier molecular flexibility index (Phi) is 5.01. The highest BCUT2D eigenvalue weighted by atomic mass is 35.5. The average Bonchev–Trinajstić information content (AvgIpc) is 3.35. The Morgan fingerprint density at radius 3 is 2.81 bits per heavy atom. The minimum Gasteiger partial charge on any atom is -0.408 e. The maximum absolute atomic E-state index is 13.4. The summed E-state index contributed by atoms with van der Waals surface area (Å²) in [6.45, 7) is 0.0778. The first kappa shape index (κ1) is 19.5. The molecule has 0 unspecified atom stereocenters. The number of rotatable bonds is 5. The lowest BCUT2D eigenvalue weighted by Crippen LogP contribution is -2.35. The molecule has 0 fully saturated rings. The van der Waals surface area contributed by atoms with Crippen molar-refractivity contribution in [2.75, 3.05) is 4.90 Å². The molecule has 0 saturated heterocycles. The van der Waals surface area contributed by atoms with Gasteiger partial charge in [-0.15, -0.1) is 0 Å². The summed E-state index contributed by atoms with van der Waals surface area (Å²) in [4.78, 5) is 36.1. The lowest BCUT2D eigenvalue weighted by molar-refractivity contribution is -0.119. The van der Waals surface area contributed by atoms with Crippen LogP contribution in [0.3, 0.4) is 0 Å². The van der Waals surface area contributed by atoms with E-state index < -0.39 is 5.76 Å². The second-order valence-corrected chi connectivity index (χ2v) is 8.26. The van der Waals surface area contributed by atoms with Crippen LogP contribution in [-0.4, -0.2) is 20.4 Å². The Bertz CT molecular complexity index is 1460. The molecule has 3 heterocycles. The zero-order valence-corrected chi connectivity index (χ0v) is 17.6. The molecule has 0 aliphatic carbocycles. The third kappa shape index (κ3) is 3.71. The number of amides is 1. The molecule has 0 spiro atoms. The average molecular weight is 451 g/mol. The summed E-state index contributed by atoms with van der Waals surface area (Å²) in [7, 11) is 0.